The molecule has 0 atom stereocenters. The molecule has 0 saturated carbocycles. The molecule has 0 heterocycles. The molecule has 0 N–H and O–H groups in total. The van der Waals surface area contributed by atoms with Crippen LogP contribution in [0.3, 0.4) is 0 Å². The van der Waals surface area contributed by atoms with Crippen molar-refractivity contribution in [3.8, 4) is 5.75 Å². The smallest absolute Gasteiger partial charge is 0.314 e. The normalized spacial score (nSPS) is 11.1. The fraction of sp³-hybridized carbons (Fsp3) is 0.462. The lowest BCUT2D eigenvalue weighted by atomic mass is 9.95. The zero-order valence-electron chi connectivity index (χ0n) is 10.5. The molecule has 0 amide bonds. The van der Waals surface area contributed by atoms with Gasteiger partial charge in [-0.1, -0.05) is 12.1 Å². The SMILES string of the molecule is COC(=O)C(C)(C)COc1cccc(C)c1F. The van der Waals surface area contributed by atoms with E-state index >= 15 is 0 Å². The highest BCUT2D eigenvalue weighted by Crippen LogP contribution is 2.23. The van der Waals surface area contributed by atoms with E-state index < -0.39 is 11.2 Å². The van der Waals surface area contributed by atoms with Gasteiger partial charge in [0, 0.05) is 0 Å². The maximum absolute atomic E-state index is 13.6. The van der Waals surface area contributed by atoms with Gasteiger partial charge in [0.05, 0.1) is 12.5 Å². The molecule has 1 rings (SSSR count). The first kappa shape index (κ1) is 13.5. The van der Waals surface area contributed by atoms with E-state index in [0.29, 0.717) is 5.56 Å². The summed E-state index contributed by atoms with van der Waals surface area (Å²) < 4.78 is 23.6. The lowest BCUT2D eigenvalue weighted by Gasteiger charge is -2.21. The van der Waals surface area contributed by atoms with E-state index in [1.807, 2.05) is 0 Å². The third kappa shape index (κ3) is 3.19. The van der Waals surface area contributed by atoms with Crippen LogP contribution in [0.1, 0.15) is 19.4 Å². The summed E-state index contributed by atoms with van der Waals surface area (Å²) in [5.41, 5.74) is -0.288. The van der Waals surface area contributed by atoms with Crippen LogP contribution < -0.4 is 4.74 Å². The lowest BCUT2D eigenvalue weighted by molar-refractivity contribution is -0.152. The van der Waals surface area contributed by atoms with Gasteiger partial charge in [-0.3, -0.25) is 4.79 Å². The van der Waals surface area contributed by atoms with Crippen molar-refractivity contribution in [2.75, 3.05) is 13.7 Å². The number of halogens is 1. The highest BCUT2D eigenvalue weighted by atomic mass is 19.1. The number of carbonyl (C=O) groups is 1. The van der Waals surface area contributed by atoms with Crippen LogP contribution in [0.15, 0.2) is 18.2 Å². The Kier molecular flexibility index (Phi) is 4.10. The average molecular weight is 240 g/mol. The van der Waals surface area contributed by atoms with E-state index in [1.54, 1.807) is 32.9 Å². The molecule has 1 aromatic rings. The van der Waals surface area contributed by atoms with Gasteiger partial charge >= 0.3 is 5.97 Å². The molecule has 0 saturated heterocycles. The van der Waals surface area contributed by atoms with Gasteiger partial charge in [0.25, 0.3) is 0 Å². The molecule has 0 spiro atoms. The highest BCUT2D eigenvalue weighted by Gasteiger charge is 2.30. The highest BCUT2D eigenvalue weighted by molar-refractivity contribution is 5.75. The van der Waals surface area contributed by atoms with E-state index in [0.717, 1.165) is 0 Å². The van der Waals surface area contributed by atoms with Crippen LogP contribution in [0.4, 0.5) is 4.39 Å². The molecular formula is C13H17FO3. The molecule has 1 aromatic carbocycles. The Morgan fingerprint density at radius 1 is 1.41 bits per heavy atom. The third-order valence-electron chi connectivity index (χ3n) is 2.48. The van der Waals surface area contributed by atoms with Crippen molar-refractivity contribution in [1.29, 1.82) is 0 Å². The number of methoxy groups -OCH3 is 1. The fourth-order valence-corrected chi connectivity index (χ4v) is 1.33. The van der Waals surface area contributed by atoms with Crippen molar-refractivity contribution >= 4 is 5.97 Å². The molecule has 17 heavy (non-hydrogen) atoms. The molecule has 0 aliphatic heterocycles. The number of esters is 1. The molecule has 3 nitrogen and oxygen atoms in total. The van der Waals surface area contributed by atoms with Gasteiger partial charge < -0.3 is 9.47 Å². The van der Waals surface area contributed by atoms with Gasteiger partial charge in [0.1, 0.15) is 6.61 Å². The predicted octanol–water partition coefficient (Wildman–Crippen LogP) is 2.71. The quantitative estimate of drug-likeness (QED) is 0.759. The first-order valence-electron chi connectivity index (χ1n) is 5.35. The number of aryl methyl sites for hydroxylation is 1. The standard InChI is InChI=1S/C13H17FO3/c1-9-6-5-7-10(11(9)14)17-8-13(2,3)12(15)16-4/h5-7H,8H2,1-4H3. The minimum Gasteiger partial charge on any atom is -0.489 e. The van der Waals surface area contributed by atoms with Gasteiger partial charge in [0.2, 0.25) is 0 Å². The minimum absolute atomic E-state index is 0.0695. The van der Waals surface area contributed by atoms with E-state index in [1.165, 1.54) is 13.2 Å². The zero-order valence-corrected chi connectivity index (χ0v) is 10.5. The van der Waals surface area contributed by atoms with Crippen LogP contribution in [-0.2, 0) is 9.53 Å². The summed E-state index contributed by atoms with van der Waals surface area (Å²) in [6.07, 6.45) is 0. The molecule has 94 valence electrons. The fourth-order valence-electron chi connectivity index (χ4n) is 1.33. The van der Waals surface area contributed by atoms with Crippen LogP contribution in [0, 0.1) is 18.2 Å². The first-order chi connectivity index (χ1) is 7.88. The van der Waals surface area contributed by atoms with Gasteiger partial charge in [-0.15, -0.1) is 0 Å². The van der Waals surface area contributed by atoms with Crippen LogP contribution in [-0.4, -0.2) is 19.7 Å². The van der Waals surface area contributed by atoms with Crippen molar-refractivity contribution < 1.29 is 18.7 Å². The summed E-state index contributed by atoms with van der Waals surface area (Å²) >= 11 is 0. The molecular weight excluding hydrogens is 223 g/mol. The summed E-state index contributed by atoms with van der Waals surface area (Å²) in [7, 11) is 1.32. The Bertz CT molecular complexity index is 413. The van der Waals surface area contributed by atoms with E-state index in [2.05, 4.69) is 4.74 Å². The van der Waals surface area contributed by atoms with Crippen LogP contribution in [0.2, 0.25) is 0 Å². The second-order valence-corrected chi connectivity index (χ2v) is 4.55. The second-order valence-electron chi connectivity index (χ2n) is 4.55. The summed E-state index contributed by atoms with van der Waals surface area (Å²) in [6, 6.07) is 4.90. The number of benzene rings is 1. The molecule has 0 bridgehead atoms. The van der Waals surface area contributed by atoms with Crippen molar-refractivity contribution in [3.05, 3.63) is 29.6 Å². The monoisotopic (exact) mass is 240 g/mol. The molecule has 4 heteroatoms. The van der Waals surface area contributed by atoms with Crippen molar-refractivity contribution in [2.45, 2.75) is 20.8 Å². The van der Waals surface area contributed by atoms with Gasteiger partial charge in [-0.05, 0) is 32.4 Å². The van der Waals surface area contributed by atoms with Crippen molar-refractivity contribution in [3.63, 3.8) is 0 Å². The Morgan fingerprint density at radius 2 is 2.06 bits per heavy atom. The minimum atomic E-state index is -0.801. The second kappa shape index (κ2) is 5.17. The van der Waals surface area contributed by atoms with Gasteiger partial charge in [-0.2, -0.15) is 0 Å². The predicted molar refractivity (Wildman–Crippen MR) is 62.4 cm³/mol. The zero-order chi connectivity index (χ0) is 13.1. The molecule has 0 unspecified atom stereocenters. The number of rotatable bonds is 4. The largest absolute Gasteiger partial charge is 0.489 e. The molecule has 0 radical (unpaired) electrons. The number of hydrogen-bond donors (Lipinski definition) is 0. The average Bonchev–Trinajstić information content (AvgIpc) is 2.30. The maximum Gasteiger partial charge on any atom is 0.314 e. The summed E-state index contributed by atoms with van der Waals surface area (Å²) in [6.45, 7) is 5.10. The topological polar surface area (TPSA) is 35.5 Å². The molecule has 0 aromatic heterocycles. The maximum atomic E-state index is 13.6. The van der Waals surface area contributed by atoms with E-state index in [9.17, 15) is 9.18 Å². The lowest BCUT2D eigenvalue weighted by Crippen LogP contribution is -2.32. The van der Waals surface area contributed by atoms with Crippen LogP contribution in [0.25, 0.3) is 0 Å². The van der Waals surface area contributed by atoms with Crippen LogP contribution in [0.5, 0.6) is 5.75 Å². The Balaban J connectivity index is 2.74. The molecule has 0 fully saturated rings. The Hall–Kier alpha value is -1.58. The summed E-state index contributed by atoms with van der Waals surface area (Å²) in [5, 5.41) is 0. The summed E-state index contributed by atoms with van der Waals surface area (Å²) in [4.78, 5) is 11.4. The van der Waals surface area contributed by atoms with E-state index in [-0.39, 0.29) is 18.3 Å². The molecule has 0 aliphatic carbocycles. The number of hydrogen-bond acceptors (Lipinski definition) is 3. The first-order valence-corrected chi connectivity index (χ1v) is 5.35. The number of carbonyl (C=O) groups excluding carboxylic acids is 1. The summed E-state index contributed by atoms with van der Waals surface area (Å²) in [5.74, 6) is -0.624. The van der Waals surface area contributed by atoms with Crippen molar-refractivity contribution in [2.24, 2.45) is 5.41 Å². The van der Waals surface area contributed by atoms with Gasteiger partial charge in [-0.25, -0.2) is 4.39 Å². The van der Waals surface area contributed by atoms with Crippen molar-refractivity contribution in [1.82, 2.24) is 0 Å². The van der Waals surface area contributed by atoms with Crippen LogP contribution >= 0.6 is 0 Å². The Labute approximate surface area is 101 Å². The Morgan fingerprint density at radius 3 is 2.65 bits per heavy atom. The number of ether oxygens (including phenoxy) is 2. The van der Waals surface area contributed by atoms with E-state index in [4.69, 9.17) is 4.74 Å². The molecule has 0 aliphatic rings. The van der Waals surface area contributed by atoms with Gasteiger partial charge in [0.15, 0.2) is 11.6 Å². The third-order valence-corrected chi connectivity index (χ3v) is 2.48.